The highest BCUT2D eigenvalue weighted by Crippen LogP contribution is 2.45. The summed E-state index contributed by atoms with van der Waals surface area (Å²) in [5, 5.41) is 3.63. The lowest BCUT2D eigenvalue weighted by Gasteiger charge is -2.31. The van der Waals surface area contributed by atoms with Gasteiger partial charge in [-0.2, -0.15) is 0 Å². The average molecular weight is 185 g/mol. The summed E-state index contributed by atoms with van der Waals surface area (Å²) in [6.45, 7) is 2.34. The first-order valence-corrected chi connectivity index (χ1v) is 5.34. The summed E-state index contributed by atoms with van der Waals surface area (Å²) in [4.78, 5) is 0. The number of hydrogen-bond donors (Lipinski definition) is 1. The average Bonchev–Trinajstić information content (AvgIpc) is 2.51. The van der Waals surface area contributed by atoms with Gasteiger partial charge in [0.05, 0.1) is 0 Å². The molecule has 1 heterocycles. The van der Waals surface area contributed by atoms with Gasteiger partial charge >= 0.3 is 0 Å². The smallest absolute Gasteiger partial charge is 0.0393 e. The molecule has 1 heteroatoms. The predicted octanol–water partition coefficient (Wildman–Crippen LogP) is 3.09. The molecule has 0 saturated heterocycles. The van der Waals surface area contributed by atoms with Gasteiger partial charge in [0.1, 0.15) is 0 Å². The monoisotopic (exact) mass is 185 g/mol. The van der Waals surface area contributed by atoms with Crippen LogP contribution in [0.2, 0.25) is 0 Å². The van der Waals surface area contributed by atoms with Gasteiger partial charge < -0.3 is 5.32 Å². The van der Waals surface area contributed by atoms with E-state index in [9.17, 15) is 0 Å². The molecule has 0 aromatic heterocycles. The molecule has 1 nitrogen and oxygen atoms in total. The Balaban J connectivity index is 2.18. The van der Waals surface area contributed by atoms with Gasteiger partial charge in [0.2, 0.25) is 0 Å². The van der Waals surface area contributed by atoms with E-state index in [4.69, 9.17) is 0 Å². The second-order valence-corrected chi connectivity index (χ2v) is 4.50. The van der Waals surface area contributed by atoms with Crippen molar-refractivity contribution in [2.24, 2.45) is 0 Å². The van der Waals surface area contributed by atoms with Gasteiger partial charge in [0, 0.05) is 17.1 Å². The van der Waals surface area contributed by atoms with Crippen LogP contribution in [0.1, 0.15) is 25.3 Å². The van der Waals surface area contributed by atoms with Gasteiger partial charge in [0.15, 0.2) is 0 Å². The van der Waals surface area contributed by atoms with Crippen molar-refractivity contribution in [2.75, 3.05) is 5.32 Å². The minimum atomic E-state index is 0.231. The first kappa shape index (κ1) is 8.10. The Morgan fingerprint density at radius 2 is 2.21 bits per heavy atom. The van der Waals surface area contributed by atoms with Crippen molar-refractivity contribution in [1.29, 1.82) is 0 Å². The molecule has 72 valence electrons. The van der Waals surface area contributed by atoms with Crippen LogP contribution >= 0.6 is 0 Å². The highest BCUT2D eigenvalue weighted by atomic mass is 15.0. The minimum Gasteiger partial charge on any atom is -0.381 e. The number of allylic oxidation sites excluding steroid dienone is 1. The summed E-state index contributed by atoms with van der Waals surface area (Å²) in [7, 11) is 0. The molecule has 1 aliphatic carbocycles. The molecule has 2 unspecified atom stereocenters. The third kappa shape index (κ3) is 0.899. The molecule has 0 fully saturated rings. The van der Waals surface area contributed by atoms with Gasteiger partial charge in [-0.3, -0.25) is 0 Å². The van der Waals surface area contributed by atoms with E-state index >= 15 is 0 Å². The van der Waals surface area contributed by atoms with Crippen LogP contribution in [0.15, 0.2) is 36.4 Å². The van der Waals surface area contributed by atoms with Crippen LogP contribution in [0.3, 0.4) is 0 Å². The normalized spacial score (nSPS) is 33.4. The Morgan fingerprint density at radius 1 is 1.36 bits per heavy atom. The lowest BCUT2D eigenvalue weighted by atomic mass is 9.74. The molecule has 0 spiro atoms. The quantitative estimate of drug-likeness (QED) is 0.612. The van der Waals surface area contributed by atoms with Crippen molar-refractivity contribution >= 4 is 5.69 Å². The van der Waals surface area contributed by atoms with Crippen LogP contribution in [0.25, 0.3) is 0 Å². The number of hydrogen-bond acceptors (Lipinski definition) is 1. The predicted molar refractivity (Wildman–Crippen MR) is 59.6 cm³/mol. The lowest BCUT2D eigenvalue weighted by Crippen LogP contribution is -2.36. The summed E-state index contributed by atoms with van der Waals surface area (Å²) >= 11 is 0. The van der Waals surface area contributed by atoms with Crippen LogP contribution in [-0.2, 0) is 5.41 Å². The van der Waals surface area contributed by atoms with Gasteiger partial charge in [-0.05, 0) is 31.4 Å². The number of nitrogens with one attached hydrogen (secondary N) is 1. The van der Waals surface area contributed by atoms with Gasteiger partial charge in [-0.15, -0.1) is 0 Å². The molecule has 1 N–H and O–H groups in total. The molecule has 14 heavy (non-hydrogen) atoms. The van der Waals surface area contributed by atoms with E-state index in [0.717, 1.165) is 0 Å². The molecular formula is C13H15N. The number of para-hydroxylation sites is 1. The highest BCUT2D eigenvalue weighted by molar-refractivity contribution is 5.64. The fourth-order valence-corrected chi connectivity index (χ4v) is 2.77. The molecule has 0 bridgehead atoms. The minimum absolute atomic E-state index is 0.231. The van der Waals surface area contributed by atoms with Crippen LogP contribution in [0.5, 0.6) is 0 Å². The molecule has 1 aliphatic heterocycles. The summed E-state index contributed by atoms with van der Waals surface area (Å²) in [6, 6.07) is 9.28. The second kappa shape index (κ2) is 2.63. The standard InChI is InChI=1S/C13H15N/c1-13-9-5-4-8-12(13)14-11-7-3-2-6-10(11)13/h2-3,5-7,9,12,14H,4,8H2,1H3. The zero-order valence-electron chi connectivity index (χ0n) is 8.46. The molecule has 2 atom stereocenters. The third-order valence-electron chi connectivity index (χ3n) is 3.65. The maximum absolute atomic E-state index is 3.63. The van der Waals surface area contributed by atoms with Crippen LogP contribution in [0.4, 0.5) is 5.69 Å². The highest BCUT2D eigenvalue weighted by Gasteiger charge is 2.41. The summed E-state index contributed by atoms with van der Waals surface area (Å²) in [5.74, 6) is 0. The Morgan fingerprint density at radius 3 is 3.14 bits per heavy atom. The van der Waals surface area contributed by atoms with Crippen molar-refractivity contribution in [3.63, 3.8) is 0 Å². The van der Waals surface area contributed by atoms with E-state index in [-0.39, 0.29) is 5.41 Å². The number of fused-ring (bicyclic) bond motifs is 3. The molecule has 2 aliphatic rings. The molecule has 0 saturated carbocycles. The van der Waals surface area contributed by atoms with E-state index in [1.807, 2.05) is 0 Å². The van der Waals surface area contributed by atoms with Gasteiger partial charge in [-0.25, -0.2) is 0 Å². The molecule has 0 amide bonds. The summed E-state index contributed by atoms with van der Waals surface area (Å²) in [5.41, 5.74) is 3.02. The summed E-state index contributed by atoms with van der Waals surface area (Å²) < 4.78 is 0. The van der Waals surface area contributed by atoms with E-state index in [1.54, 1.807) is 0 Å². The number of anilines is 1. The maximum atomic E-state index is 3.63. The second-order valence-electron chi connectivity index (χ2n) is 4.50. The topological polar surface area (TPSA) is 12.0 Å². The summed E-state index contributed by atoms with van der Waals surface area (Å²) in [6.07, 6.45) is 7.16. The molecule has 1 aromatic carbocycles. The molecule has 3 rings (SSSR count). The zero-order valence-corrected chi connectivity index (χ0v) is 8.46. The van der Waals surface area contributed by atoms with Crippen molar-refractivity contribution in [2.45, 2.75) is 31.2 Å². The lowest BCUT2D eigenvalue weighted by molar-refractivity contribution is 0.468. The van der Waals surface area contributed by atoms with Crippen LogP contribution in [-0.4, -0.2) is 6.04 Å². The largest absolute Gasteiger partial charge is 0.381 e. The fraction of sp³-hybridized carbons (Fsp3) is 0.385. The van der Waals surface area contributed by atoms with Crippen molar-refractivity contribution in [1.82, 2.24) is 0 Å². The SMILES string of the molecule is CC12C=CCCC1Nc1ccccc12. The van der Waals surface area contributed by atoms with Gasteiger partial charge in [-0.1, -0.05) is 30.4 Å². The Bertz CT molecular complexity index is 394. The maximum Gasteiger partial charge on any atom is 0.0393 e. The third-order valence-corrected chi connectivity index (χ3v) is 3.65. The number of rotatable bonds is 0. The van der Waals surface area contributed by atoms with E-state index in [2.05, 4.69) is 48.7 Å². The van der Waals surface area contributed by atoms with E-state index in [0.29, 0.717) is 6.04 Å². The first-order chi connectivity index (χ1) is 6.81. The van der Waals surface area contributed by atoms with Crippen molar-refractivity contribution < 1.29 is 0 Å². The fourth-order valence-electron chi connectivity index (χ4n) is 2.77. The van der Waals surface area contributed by atoms with Crippen LogP contribution in [0, 0.1) is 0 Å². The Kier molecular flexibility index (Phi) is 1.52. The zero-order chi connectivity index (χ0) is 9.60. The van der Waals surface area contributed by atoms with Gasteiger partial charge in [0.25, 0.3) is 0 Å². The molecular weight excluding hydrogens is 170 g/mol. The number of benzene rings is 1. The molecule has 0 radical (unpaired) electrons. The van der Waals surface area contributed by atoms with Crippen molar-refractivity contribution in [3.05, 3.63) is 42.0 Å². The Hall–Kier alpha value is -1.24. The Labute approximate surface area is 84.8 Å². The first-order valence-electron chi connectivity index (χ1n) is 5.34. The molecule has 1 aromatic rings. The van der Waals surface area contributed by atoms with E-state index < -0.39 is 0 Å². The van der Waals surface area contributed by atoms with Crippen LogP contribution < -0.4 is 5.32 Å². The van der Waals surface area contributed by atoms with E-state index in [1.165, 1.54) is 24.1 Å². The van der Waals surface area contributed by atoms with Crippen molar-refractivity contribution in [3.8, 4) is 0 Å².